The van der Waals surface area contributed by atoms with Gasteiger partial charge >= 0.3 is 6.09 Å². The predicted molar refractivity (Wildman–Crippen MR) is 137 cm³/mol. The standard InChI is InChI=1S/C28H41N3O4/c1-19(2)22(16-24-26(35-28(33)29-24)18-31-12-6-5-9-27(31)32)14-20-10-11-25-23(15-20)21(17-30(25)3)8-7-13-34-4/h10-11,15,17,19,22,24,26H,5-9,12-14,16,18H2,1-4H3,(H,29,33). The molecule has 2 aromatic rings. The van der Waals surface area contributed by atoms with E-state index >= 15 is 0 Å². The highest BCUT2D eigenvalue weighted by atomic mass is 16.6. The summed E-state index contributed by atoms with van der Waals surface area (Å²) in [5.74, 6) is 1.02. The minimum atomic E-state index is -0.363. The number of piperidine rings is 1. The molecule has 1 N–H and O–H groups in total. The second-order valence-electron chi connectivity index (χ2n) is 10.6. The number of amides is 2. The molecular weight excluding hydrogens is 442 g/mol. The van der Waals surface area contributed by atoms with Gasteiger partial charge in [-0.2, -0.15) is 0 Å². The third kappa shape index (κ3) is 6.18. The van der Waals surface area contributed by atoms with Crippen molar-refractivity contribution in [3.8, 4) is 0 Å². The van der Waals surface area contributed by atoms with Gasteiger partial charge in [-0.1, -0.05) is 19.9 Å². The molecule has 3 heterocycles. The molecule has 1 aromatic carbocycles. The van der Waals surface area contributed by atoms with Gasteiger partial charge in [-0.15, -0.1) is 0 Å². The molecule has 2 saturated heterocycles. The van der Waals surface area contributed by atoms with Crippen LogP contribution in [0.2, 0.25) is 0 Å². The van der Waals surface area contributed by atoms with Crippen LogP contribution >= 0.6 is 0 Å². The number of methoxy groups -OCH3 is 1. The predicted octanol–water partition coefficient (Wildman–Crippen LogP) is 4.45. The van der Waals surface area contributed by atoms with E-state index in [0.717, 1.165) is 51.7 Å². The summed E-state index contributed by atoms with van der Waals surface area (Å²) in [5.41, 5.74) is 3.94. The first-order valence-electron chi connectivity index (χ1n) is 13.2. The molecule has 2 aliphatic rings. The van der Waals surface area contributed by atoms with Gasteiger partial charge < -0.3 is 24.3 Å². The van der Waals surface area contributed by atoms with Gasteiger partial charge in [0.1, 0.15) is 6.10 Å². The number of cyclic esters (lactones) is 1. The lowest BCUT2D eigenvalue weighted by molar-refractivity contribution is -0.134. The van der Waals surface area contributed by atoms with Crippen molar-refractivity contribution in [2.75, 3.05) is 26.8 Å². The molecule has 0 aliphatic carbocycles. The lowest BCUT2D eigenvalue weighted by Gasteiger charge is -2.31. The number of ether oxygens (including phenoxy) is 2. The van der Waals surface area contributed by atoms with E-state index in [0.29, 0.717) is 24.8 Å². The minimum Gasteiger partial charge on any atom is -0.442 e. The van der Waals surface area contributed by atoms with Crippen LogP contribution < -0.4 is 5.32 Å². The summed E-state index contributed by atoms with van der Waals surface area (Å²) in [6.45, 7) is 6.53. The van der Waals surface area contributed by atoms with Crippen molar-refractivity contribution in [2.45, 2.75) is 70.9 Å². The summed E-state index contributed by atoms with van der Waals surface area (Å²) in [6, 6.07) is 6.74. The van der Waals surface area contributed by atoms with Gasteiger partial charge in [0.2, 0.25) is 5.91 Å². The van der Waals surface area contributed by atoms with Crippen molar-refractivity contribution in [2.24, 2.45) is 18.9 Å². The number of hydrogen-bond acceptors (Lipinski definition) is 4. The summed E-state index contributed by atoms with van der Waals surface area (Å²) in [6.07, 6.45) is 7.97. The Morgan fingerprint density at radius 1 is 1.23 bits per heavy atom. The number of benzene rings is 1. The van der Waals surface area contributed by atoms with Gasteiger partial charge in [0.05, 0.1) is 12.6 Å². The number of hydrogen-bond donors (Lipinski definition) is 1. The van der Waals surface area contributed by atoms with Crippen LogP contribution in [0.3, 0.4) is 0 Å². The maximum atomic E-state index is 12.3. The first-order valence-corrected chi connectivity index (χ1v) is 13.2. The number of aryl methyl sites for hydroxylation is 2. The van der Waals surface area contributed by atoms with Crippen molar-refractivity contribution in [3.63, 3.8) is 0 Å². The Balaban J connectivity index is 1.47. The fraction of sp³-hybridized carbons (Fsp3) is 0.643. The summed E-state index contributed by atoms with van der Waals surface area (Å²) in [4.78, 5) is 26.3. The van der Waals surface area contributed by atoms with Crippen molar-refractivity contribution < 1.29 is 19.1 Å². The highest BCUT2D eigenvalue weighted by Gasteiger charge is 2.38. The molecule has 0 radical (unpaired) electrons. The second-order valence-corrected chi connectivity index (χ2v) is 10.6. The Bertz CT molecular complexity index is 1030. The van der Waals surface area contributed by atoms with E-state index in [1.807, 2.05) is 4.90 Å². The Kier molecular flexibility index (Phi) is 8.37. The van der Waals surface area contributed by atoms with E-state index < -0.39 is 0 Å². The molecule has 1 aromatic heterocycles. The number of nitrogens with zero attached hydrogens (tertiary/aromatic N) is 2. The largest absolute Gasteiger partial charge is 0.442 e. The first-order chi connectivity index (χ1) is 16.9. The Morgan fingerprint density at radius 3 is 2.80 bits per heavy atom. The highest BCUT2D eigenvalue weighted by molar-refractivity contribution is 5.84. The van der Waals surface area contributed by atoms with Crippen LogP contribution in [0.25, 0.3) is 10.9 Å². The number of aromatic nitrogens is 1. The van der Waals surface area contributed by atoms with E-state index in [1.165, 1.54) is 22.0 Å². The first kappa shape index (κ1) is 25.5. The number of rotatable bonds is 11. The molecule has 0 spiro atoms. The van der Waals surface area contributed by atoms with Gasteiger partial charge in [0.15, 0.2) is 0 Å². The molecule has 7 heteroatoms. The zero-order chi connectivity index (χ0) is 24.9. The zero-order valence-corrected chi connectivity index (χ0v) is 21.7. The molecular formula is C28H41N3O4. The number of carbonyl (C=O) groups excluding carboxylic acids is 2. The number of likely N-dealkylation sites (tertiary alicyclic amines) is 1. The van der Waals surface area contributed by atoms with Gasteiger partial charge in [0.25, 0.3) is 0 Å². The third-order valence-electron chi connectivity index (χ3n) is 7.76. The van der Waals surface area contributed by atoms with Gasteiger partial charge in [-0.3, -0.25) is 4.79 Å². The monoisotopic (exact) mass is 483 g/mol. The highest BCUT2D eigenvalue weighted by Crippen LogP contribution is 2.29. The molecule has 4 rings (SSSR count). The lowest BCUT2D eigenvalue weighted by Crippen LogP contribution is -2.45. The molecule has 7 nitrogen and oxygen atoms in total. The summed E-state index contributed by atoms with van der Waals surface area (Å²) >= 11 is 0. The van der Waals surface area contributed by atoms with Crippen molar-refractivity contribution >= 4 is 22.9 Å². The minimum absolute atomic E-state index is 0.0744. The van der Waals surface area contributed by atoms with E-state index in [9.17, 15) is 9.59 Å². The average Bonchev–Trinajstić information content (AvgIpc) is 3.33. The Morgan fingerprint density at radius 2 is 2.06 bits per heavy atom. The number of alkyl carbamates (subject to hydrolysis) is 1. The molecule has 2 aliphatic heterocycles. The van der Waals surface area contributed by atoms with Crippen LogP contribution in [-0.2, 0) is 34.2 Å². The maximum absolute atomic E-state index is 12.3. The molecule has 0 bridgehead atoms. The summed E-state index contributed by atoms with van der Waals surface area (Å²) in [7, 11) is 3.86. The van der Waals surface area contributed by atoms with E-state index in [-0.39, 0.29) is 24.1 Å². The fourth-order valence-corrected chi connectivity index (χ4v) is 5.62. The molecule has 2 amide bonds. The summed E-state index contributed by atoms with van der Waals surface area (Å²) in [5, 5.41) is 4.36. The van der Waals surface area contributed by atoms with Crippen LogP contribution in [0, 0.1) is 11.8 Å². The molecule has 2 fully saturated rings. The fourth-order valence-electron chi connectivity index (χ4n) is 5.62. The zero-order valence-electron chi connectivity index (χ0n) is 21.7. The van der Waals surface area contributed by atoms with Crippen LogP contribution in [0.15, 0.2) is 24.4 Å². The number of carbonyl (C=O) groups is 2. The Hall–Kier alpha value is -2.54. The molecule has 192 valence electrons. The van der Waals surface area contributed by atoms with Crippen molar-refractivity contribution in [1.29, 1.82) is 0 Å². The third-order valence-corrected chi connectivity index (χ3v) is 7.76. The van der Waals surface area contributed by atoms with Crippen LogP contribution in [0.4, 0.5) is 4.79 Å². The molecule has 3 atom stereocenters. The van der Waals surface area contributed by atoms with Crippen LogP contribution in [0.1, 0.15) is 57.1 Å². The molecule has 0 saturated carbocycles. The topological polar surface area (TPSA) is 72.8 Å². The van der Waals surface area contributed by atoms with E-state index in [2.05, 4.69) is 55.2 Å². The Labute approximate surface area is 209 Å². The number of nitrogens with one attached hydrogen (secondary N) is 1. The second kappa shape index (κ2) is 11.5. The van der Waals surface area contributed by atoms with E-state index in [4.69, 9.17) is 9.47 Å². The normalized spacial score (nSPS) is 21.6. The van der Waals surface area contributed by atoms with Crippen molar-refractivity contribution in [3.05, 3.63) is 35.5 Å². The number of fused-ring (bicyclic) bond motifs is 1. The average molecular weight is 484 g/mol. The quantitative estimate of drug-likeness (QED) is 0.479. The van der Waals surface area contributed by atoms with Crippen molar-refractivity contribution in [1.82, 2.24) is 14.8 Å². The summed E-state index contributed by atoms with van der Waals surface area (Å²) < 4.78 is 13.1. The smallest absolute Gasteiger partial charge is 0.407 e. The molecule has 35 heavy (non-hydrogen) atoms. The van der Waals surface area contributed by atoms with Gasteiger partial charge in [-0.25, -0.2) is 4.79 Å². The van der Waals surface area contributed by atoms with Gasteiger partial charge in [0, 0.05) is 50.8 Å². The maximum Gasteiger partial charge on any atom is 0.407 e. The lowest BCUT2D eigenvalue weighted by atomic mass is 9.83. The van der Waals surface area contributed by atoms with Crippen LogP contribution in [0.5, 0.6) is 0 Å². The van der Waals surface area contributed by atoms with Crippen LogP contribution in [-0.4, -0.2) is 60.4 Å². The SMILES string of the molecule is COCCCc1cn(C)c2ccc(CC(CC3NC(=O)OC3CN3CCCCC3=O)C(C)C)cc12. The molecule has 3 unspecified atom stereocenters. The van der Waals surface area contributed by atoms with Gasteiger partial charge in [-0.05, 0) is 73.6 Å². The van der Waals surface area contributed by atoms with E-state index in [1.54, 1.807) is 7.11 Å².